The standard InChI is InChI=1S/C17H24O2/c1-13(2)15(18)16(3,4)17(5,19)12-11-14-9-7-6-8-10-14/h6-13,19H,1-5H3/b12-11+. The van der Waals surface area contributed by atoms with Crippen LogP contribution in [0.3, 0.4) is 0 Å². The molecule has 0 aliphatic rings. The molecule has 1 rings (SSSR count). The van der Waals surface area contributed by atoms with Gasteiger partial charge in [-0.3, -0.25) is 4.79 Å². The fraction of sp³-hybridized carbons (Fsp3) is 0.471. The minimum absolute atomic E-state index is 0.0650. The molecule has 0 fully saturated rings. The summed E-state index contributed by atoms with van der Waals surface area (Å²) in [6, 6.07) is 9.76. The number of Topliss-reactive ketones (excluding diaryl/α,β-unsaturated/α-hetero) is 1. The van der Waals surface area contributed by atoms with Crippen LogP contribution >= 0.6 is 0 Å². The van der Waals surface area contributed by atoms with E-state index in [4.69, 9.17) is 0 Å². The third-order valence-electron chi connectivity index (χ3n) is 3.81. The van der Waals surface area contributed by atoms with E-state index in [2.05, 4.69) is 0 Å². The Kier molecular flexibility index (Phi) is 4.70. The molecule has 1 unspecified atom stereocenters. The van der Waals surface area contributed by atoms with Gasteiger partial charge < -0.3 is 5.11 Å². The first kappa shape index (κ1) is 15.6. The van der Waals surface area contributed by atoms with Crippen LogP contribution in [0.15, 0.2) is 36.4 Å². The van der Waals surface area contributed by atoms with E-state index in [1.54, 1.807) is 26.8 Å². The number of hydrogen-bond acceptors (Lipinski definition) is 2. The summed E-state index contributed by atoms with van der Waals surface area (Å²) in [4.78, 5) is 12.2. The molecule has 0 amide bonds. The summed E-state index contributed by atoms with van der Waals surface area (Å²) < 4.78 is 0. The molecule has 0 bridgehead atoms. The van der Waals surface area contributed by atoms with Crippen molar-refractivity contribution in [2.75, 3.05) is 0 Å². The minimum Gasteiger partial charge on any atom is -0.385 e. The molecule has 0 heterocycles. The zero-order valence-corrected chi connectivity index (χ0v) is 12.5. The lowest BCUT2D eigenvalue weighted by Crippen LogP contribution is -2.47. The highest BCUT2D eigenvalue weighted by Crippen LogP contribution is 2.35. The van der Waals surface area contributed by atoms with Gasteiger partial charge in [-0.1, -0.05) is 56.3 Å². The summed E-state index contributed by atoms with van der Waals surface area (Å²) >= 11 is 0. The first-order valence-electron chi connectivity index (χ1n) is 6.69. The molecule has 0 aliphatic heterocycles. The molecule has 2 nitrogen and oxygen atoms in total. The summed E-state index contributed by atoms with van der Waals surface area (Å²) in [6.45, 7) is 9.00. The maximum atomic E-state index is 12.2. The van der Waals surface area contributed by atoms with Crippen molar-refractivity contribution in [2.45, 2.75) is 40.2 Å². The van der Waals surface area contributed by atoms with Crippen LogP contribution in [0, 0.1) is 11.3 Å². The van der Waals surface area contributed by atoms with E-state index in [9.17, 15) is 9.90 Å². The second-order valence-corrected chi connectivity index (χ2v) is 6.04. The summed E-state index contributed by atoms with van der Waals surface area (Å²) in [5, 5.41) is 10.6. The van der Waals surface area contributed by atoms with E-state index in [0.717, 1.165) is 5.56 Å². The number of benzene rings is 1. The molecule has 0 aliphatic carbocycles. The molecular weight excluding hydrogens is 236 g/mol. The molecule has 0 spiro atoms. The highest BCUT2D eigenvalue weighted by atomic mass is 16.3. The van der Waals surface area contributed by atoms with E-state index in [1.165, 1.54) is 0 Å². The third-order valence-corrected chi connectivity index (χ3v) is 3.81. The Morgan fingerprint density at radius 1 is 1.16 bits per heavy atom. The molecule has 1 aromatic carbocycles. The van der Waals surface area contributed by atoms with E-state index in [0.29, 0.717) is 0 Å². The fourth-order valence-corrected chi connectivity index (χ4v) is 2.00. The lowest BCUT2D eigenvalue weighted by molar-refractivity contribution is -0.140. The molecule has 0 aromatic heterocycles. The van der Waals surface area contributed by atoms with Gasteiger partial charge in [0.2, 0.25) is 0 Å². The monoisotopic (exact) mass is 260 g/mol. The Bertz CT molecular complexity index is 453. The van der Waals surface area contributed by atoms with E-state index >= 15 is 0 Å². The van der Waals surface area contributed by atoms with E-state index in [1.807, 2.05) is 50.3 Å². The number of rotatable bonds is 5. The van der Waals surface area contributed by atoms with Crippen LogP contribution in [0.4, 0.5) is 0 Å². The maximum absolute atomic E-state index is 12.2. The molecule has 1 atom stereocenters. The van der Waals surface area contributed by atoms with Crippen molar-refractivity contribution >= 4 is 11.9 Å². The van der Waals surface area contributed by atoms with Crippen LogP contribution in [-0.2, 0) is 4.79 Å². The Balaban J connectivity index is 2.98. The number of aliphatic hydroxyl groups is 1. The maximum Gasteiger partial charge on any atom is 0.144 e. The van der Waals surface area contributed by atoms with Crippen molar-refractivity contribution < 1.29 is 9.90 Å². The Morgan fingerprint density at radius 3 is 2.16 bits per heavy atom. The second-order valence-electron chi connectivity index (χ2n) is 6.04. The van der Waals surface area contributed by atoms with Gasteiger partial charge >= 0.3 is 0 Å². The molecule has 19 heavy (non-hydrogen) atoms. The molecule has 0 saturated carbocycles. The number of ketones is 1. The van der Waals surface area contributed by atoms with Gasteiger partial charge in [0.1, 0.15) is 5.78 Å². The molecule has 104 valence electrons. The summed E-state index contributed by atoms with van der Waals surface area (Å²) in [7, 11) is 0. The summed E-state index contributed by atoms with van der Waals surface area (Å²) in [5.41, 5.74) is -0.980. The first-order chi connectivity index (χ1) is 8.68. The van der Waals surface area contributed by atoms with Crippen molar-refractivity contribution in [2.24, 2.45) is 11.3 Å². The lowest BCUT2D eigenvalue weighted by Gasteiger charge is -2.37. The highest BCUT2D eigenvalue weighted by Gasteiger charge is 2.43. The Hall–Kier alpha value is -1.41. The molecule has 1 N–H and O–H groups in total. The Labute approximate surface area is 116 Å². The van der Waals surface area contributed by atoms with E-state index in [-0.39, 0.29) is 11.7 Å². The number of carbonyl (C=O) groups is 1. The first-order valence-corrected chi connectivity index (χ1v) is 6.69. The predicted molar refractivity (Wildman–Crippen MR) is 79.7 cm³/mol. The zero-order chi connectivity index (χ0) is 14.7. The number of carbonyl (C=O) groups excluding carboxylic acids is 1. The average Bonchev–Trinajstić information content (AvgIpc) is 2.36. The summed E-state index contributed by atoms with van der Waals surface area (Å²) in [6.07, 6.45) is 3.57. The van der Waals surface area contributed by atoms with Gasteiger partial charge in [-0.15, -0.1) is 0 Å². The molecular formula is C17H24O2. The normalized spacial score (nSPS) is 15.7. The lowest BCUT2D eigenvalue weighted by atomic mass is 9.69. The largest absolute Gasteiger partial charge is 0.385 e. The molecule has 2 heteroatoms. The smallest absolute Gasteiger partial charge is 0.144 e. The van der Waals surface area contributed by atoms with Crippen LogP contribution in [0.1, 0.15) is 40.2 Å². The van der Waals surface area contributed by atoms with Gasteiger partial charge in [0.15, 0.2) is 0 Å². The van der Waals surface area contributed by atoms with Crippen LogP contribution < -0.4 is 0 Å². The van der Waals surface area contributed by atoms with E-state index < -0.39 is 11.0 Å². The third kappa shape index (κ3) is 3.54. The van der Waals surface area contributed by atoms with Gasteiger partial charge in [0.25, 0.3) is 0 Å². The van der Waals surface area contributed by atoms with Crippen molar-refractivity contribution in [1.29, 1.82) is 0 Å². The quantitative estimate of drug-likeness (QED) is 0.876. The molecule has 1 aromatic rings. The fourth-order valence-electron chi connectivity index (χ4n) is 2.00. The van der Waals surface area contributed by atoms with Gasteiger partial charge in [-0.2, -0.15) is 0 Å². The number of hydrogen-bond donors (Lipinski definition) is 1. The minimum atomic E-state index is -1.18. The van der Waals surface area contributed by atoms with Gasteiger partial charge in [-0.05, 0) is 26.3 Å². The van der Waals surface area contributed by atoms with Crippen LogP contribution in [0.25, 0.3) is 6.08 Å². The van der Waals surface area contributed by atoms with Crippen LogP contribution in [0.5, 0.6) is 0 Å². The topological polar surface area (TPSA) is 37.3 Å². The van der Waals surface area contributed by atoms with Crippen molar-refractivity contribution in [3.63, 3.8) is 0 Å². The highest BCUT2D eigenvalue weighted by molar-refractivity contribution is 5.87. The van der Waals surface area contributed by atoms with Crippen molar-refractivity contribution in [3.05, 3.63) is 42.0 Å². The molecule has 0 radical (unpaired) electrons. The SMILES string of the molecule is CC(C)C(=O)C(C)(C)C(C)(O)/C=C/c1ccccc1. The average molecular weight is 260 g/mol. The van der Waals surface area contributed by atoms with Gasteiger partial charge in [0, 0.05) is 5.92 Å². The summed E-state index contributed by atoms with van der Waals surface area (Å²) in [5.74, 6) is -0.0261. The van der Waals surface area contributed by atoms with Crippen LogP contribution in [0.2, 0.25) is 0 Å². The predicted octanol–water partition coefficient (Wildman–Crippen LogP) is 3.70. The molecule has 0 saturated heterocycles. The zero-order valence-electron chi connectivity index (χ0n) is 12.5. The Morgan fingerprint density at radius 2 is 1.68 bits per heavy atom. The van der Waals surface area contributed by atoms with Crippen LogP contribution in [-0.4, -0.2) is 16.5 Å². The van der Waals surface area contributed by atoms with Gasteiger partial charge in [0.05, 0.1) is 11.0 Å². The van der Waals surface area contributed by atoms with Gasteiger partial charge in [-0.25, -0.2) is 0 Å². The van der Waals surface area contributed by atoms with Crippen molar-refractivity contribution in [1.82, 2.24) is 0 Å². The van der Waals surface area contributed by atoms with Crippen molar-refractivity contribution in [3.8, 4) is 0 Å². The second kappa shape index (κ2) is 5.70.